The van der Waals surface area contributed by atoms with Crippen molar-refractivity contribution in [2.24, 2.45) is 0 Å². The maximum Gasteiger partial charge on any atom is 0.161 e. The van der Waals surface area contributed by atoms with Gasteiger partial charge in [-0.25, -0.2) is 0 Å². The van der Waals surface area contributed by atoms with Gasteiger partial charge in [-0.2, -0.15) is 0 Å². The molecular weight excluding hydrogens is 386 g/mol. The molecule has 0 fully saturated rings. The van der Waals surface area contributed by atoms with Crippen LogP contribution in [0.25, 0.3) is 0 Å². The Kier molecular flexibility index (Phi) is 7.11. The maximum absolute atomic E-state index is 6.07. The number of rotatable bonds is 9. The van der Waals surface area contributed by atoms with E-state index in [-0.39, 0.29) is 6.04 Å². The summed E-state index contributed by atoms with van der Waals surface area (Å²) in [6, 6.07) is 23.2. The van der Waals surface area contributed by atoms with Gasteiger partial charge in [0.2, 0.25) is 0 Å². The SMILES string of the molecule is CCOc1cc2c(cc1OCC)C(c1cccc(OCCc3ccccc3)c1)NCC2. The van der Waals surface area contributed by atoms with Crippen LogP contribution in [-0.4, -0.2) is 26.4 Å². The number of fused-ring (bicyclic) bond motifs is 1. The fourth-order valence-electron chi connectivity index (χ4n) is 4.11. The maximum atomic E-state index is 6.07. The molecule has 1 atom stereocenters. The van der Waals surface area contributed by atoms with Crippen molar-refractivity contribution in [3.8, 4) is 17.2 Å². The Balaban J connectivity index is 1.54. The lowest BCUT2D eigenvalue weighted by Crippen LogP contribution is -2.30. The summed E-state index contributed by atoms with van der Waals surface area (Å²) in [5.74, 6) is 2.55. The van der Waals surface area contributed by atoms with E-state index >= 15 is 0 Å². The van der Waals surface area contributed by atoms with E-state index in [1.165, 1.54) is 22.3 Å². The van der Waals surface area contributed by atoms with Gasteiger partial charge in [0.15, 0.2) is 11.5 Å². The summed E-state index contributed by atoms with van der Waals surface area (Å²) in [6.45, 7) is 6.83. The second kappa shape index (κ2) is 10.4. The zero-order valence-electron chi connectivity index (χ0n) is 18.4. The number of nitrogens with one attached hydrogen (secondary N) is 1. The number of benzene rings is 3. The molecule has 0 saturated carbocycles. The first kappa shape index (κ1) is 21.3. The van der Waals surface area contributed by atoms with Gasteiger partial charge in [0.05, 0.1) is 25.9 Å². The van der Waals surface area contributed by atoms with Crippen LogP contribution in [0.1, 0.15) is 42.1 Å². The van der Waals surface area contributed by atoms with Crippen LogP contribution in [-0.2, 0) is 12.8 Å². The monoisotopic (exact) mass is 417 g/mol. The molecule has 3 aromatic rings. The van der Waals surface area contributed by atoms with Gasteiger partial charge < -0.3 is 19.5 Å². The fraction of sp³-hybridized carbons (Fsp3) is 0.333. The van der Waals surface area contributed by atoms with Crippen LogP contribution in [0.3, 0.4) is 0 Å². The quantitative estimate of drug-likeness (QED) is 0.510. The Morgan fingerprint density at radius 3 is 2.39 bits per heavy atom. The second-order valence-corrected chi connectivity index (χ2v) is 7.66. The van der Waals surface area contributed by atoms with Gasteiger partial charge in [0.1, 0.15) is 5.75 Å². The van der Waals surface area contributed by atoms with Crippen LogP contribution in [0.15, 0.2) is 66.7 Å². The lowest BCUT2D eigenvalue weighted by atomic mass is 9.89. The van der Waals surface area contributed by atoms with Crippen LogP contribution in [0.4, 0.5) is 0 Å². The van der Waals surface area contributed by atoms with Crippen LogP contribution in [0.5, 0.6) is 17.2 Å². The van der Waals surface area contributed by atoms with Crippen molar-refractivity contribution in [3.05, 3.63) is 89.0 Å². The van der Waals surface area contributed by atoms with E-state index in [9.17, 15) is 0 Å². The lowest BCUT2D eigenvalue weighted by Gasteiger charge is -2.29. The van der Waals surface area contributed by atoms with Gasteiger partial charge in [0.25, 0.3) is 0 Å². The average molecular weight is 418 g/mol. The van der Waals surface area contributed by atoms with Gasteiger partial charge in [0, 0.05) is 13.0 Å². The molecule has 0 bridgehead atoms. The Labute approximate surface area is 185 Å². The van der Waals surface area contributed by atoms with Gasteiger partial charge >= 0.3 is 0 Å². The molecule has 31 heavy (non-hydrogen) atoms. The van der Waals surface area contributed by atoms with Crippen molar-refractivity contribution in [3.63, 3.8) is 0 Å². The molecule has 4 nitrogen and oxygen atoms in total. The average Bonchev–Trinajstić information content (AvgIpc) is 2.80. The molecule has 1 aliphatic rings. The highest BCUT2D eigenvalue weighted by atomic mass is 16.5. The van der Waals surface area contributed by atoms with Crippen molar-refractivity contribution >= 4 is 0 Å². The Bertz CT molecular complexity index is 987. The molecule has 4 heteroatoms. The third-order valence-corrected chi connectivity index (χ3v) is 5.55. The third kappa shape index (κ3) is 5.20. The predicted molar refractivity (Wildman–Crippen MR) is 124 cm³/mol. The second-order valence-electron chi connectivity index (χ2n) is 7.66. The highest BCUT2D eigenvalue weighted by molar-refractivity contribution is 5.52. The summed E-state index contributed by atoms with van der Waals surface area (Å²) in [7, 11) is 0. The minimum Gasteiger partial charge on any atom is -0.493 e. The molecule has 0 amide bonds. The molecule has 0 spiro atoms. The number of ether oxygens (including phenoxy) is 3. The first-order valence-electron chi connectivity index (χ1n) is 11.2. The highest BCUT2D eigenvalue weighted by Crippen LogP contribution is 2.38. The van der Waals surface area contributed by atoms with Crippen LogP contribution in [0.2, 0.25) is 0 Å². The van der Waals surface area contributed by atoms with Crippen molar-refractivity contribution in [2.45, 2.75) is 32.7 Å². The van der Waals surface area contributed by atoms with E-state index in [0.29, 0.717) is 19.8 Å². The van der Waals surface area contributed by atoms with E-state index in [2.05, 4.69) is 59.9 Å². The minimum absolute atomic E-state index is 0.108. The molecule has 4 rings (SSSR count). The Morgan fingerprint density at radius 1 is 0.839 bits per heavy atom. The van der Waals surface area contributed by atoms with Gasteiger partial charge in [-0.15, -0.1) is 0 Å². The van der Waals surface area contributed by atoms with Crippen molar-refractivity contribution < 1.29 is 14.2 Å². The first-order chi connectivity index (χ1) is 15.3. The van der Waals surface area contributed by atoms with E-state index < -0.39 is 0 Å². The molecule has 162 valence electrons. The van der Waals surface area contributed by atoms with Crippen molar-refractivity contribution in [1.29, 1.82) is 0 Å². The number of hydrogen-bond donors (Lipinski definition) is 1. The molecule has 0 aromatic heterocycles. The summed E-state index contributed by atoms with van der Waals surface area (Å²) in [4.78, 5) is 0. The Morgan fingerprint density at radius 2 is 1.61 bits per heavy atom. The van der Waals surface area contributed by atoms with Gasteiger partial charge in [-0.3, -0.25) is 0 Å². The number of hydrogen-bond acceptors (Lipinski definition) is 4. The molecule has 0 saturated heterocycles. The smallest absolute Gasteiger partial charge is 0.161 e. The van der Waals surface area contributed by atoms with Crippen LogP contribution < -0.4 is 19.5 Å². The normalized spacial score (nSPS) is 15.2. The van der Waals surface area contributed by atoms with Crippen molar-refractivity contribution in [2.75, 3.05) is 26.4 Å². The predicted octanol–water partition coefficient (Wildman–Crippen LogP) is 5.34. The standard InChI is InChI=1S/C27H31NO3/c1-3-29-25-18-21-13-15-28-27(24(21)19-26(25)30-4-2)22-11-8-12-23(17-22)31-16-14-20-9-6-5-7-10-20/h5-12,17-19,27-28H,3-4,13-16H2,1-2H3. The van der Waals surface area contributed by atoms with Gasteiger partial charge in [-0.1, -0.05) is 42.5 Å². The van der Waals surface area contributed by atoms with Crippen LogP contribution in [0, 0.1) is 0 Å². The summed E-state index contributed by atoms with van der Waals surface area (Å²) in [5.41, 5.74) is 5.05. The molecule has 3 aromatic carbocycles. The summed E-state index contributed by atoms with van der Waals surface area (Å²) >= 11 is 0. The molecule has 1 N–H and O–H groups in total. The van der Waals surface area contributed by atoms with E-state index in [1.807, 2.05) is 26.0 Å². The molecule has 0 aliphatic carbocycles. The lowest BCUT2D eigenvalue weighted by molar-refractivity contribution is 0.286. The first-order valence-corrected chi connectivity index (χ1v) is 11.2. The third-order valence-electron chi connectivity index (χ3n) is 5.55. The van der Waals surface area contributed by atoms with Crippen LogP contribution >= 0.6 is 0 Å². The highest BCUT2D eigenvalue weighted by Gasteiger charge is 2.24. The zero-order chi connectivity index (χ0) is 21.5. The topological polar surface area (TPSA) is 39.7 Å². The minimum atomic E-state index is 0.108. The molecule has 1 heterocycles. The van der Waals surface area contributed by atoms with E-state index in [0.717, 1.165) is 36.6 Å². The summed E-state index contributed by atoms with van der Waals surface area (Å²) in [6.07, 6.45) is 1.87. The zero-order valence-corrected chi connectivity index (χ0v) is 18.4. The molecular formula is C27H31NO3. The summed E-state index contributed by atoms with van der Waals surface area (Å²) in [5, 5.41) is 3.67. The van der Waals surface area contributed by atoms with E-state index in [4.69, 9.17) is 14.2 Å². The molecule has 0 radical (unpaired) electrons. The fourth-order valence-corrected chi connectivity index (χ4v) is 4.11. The summed E-state index contributed by atoms with van der Waals surface area (Å²) < 4.78 is 17.8. The largest absolute Gasteiger partial charge is 0.493 e. The van der Waals surface area contributed by atoms with Gasteiger partial charge in [-0.05, 0) is 66.8 Å². The Hall–Kier alpha value is -2.98. The molecule has 1 unspecified atom stereocenters. The van der Waals surface area contributed by atoms with Crippen molar-refractivity contribution in [1.82, 2.24) is 5.32 Å². The molecule has 1 aliphatic heterocycles. The van der Waals surface area contributed by atoms with E-state index in [1.54, 1.807) is 0 Å².